The lowest BCUT2D eigenvalue weighted by atomic mass is 10.2. The van der Waals surface area contributed by atoms with Gasteiger partial charge in [0.1, 0.15) is 5.76 Å². The number of aryl methyl sites for hydroxylation is 1. The third-order valence-corrected chi connectivity index (χ3v) is 4.78. The zero-order valence-corrected chi connectivity index (χ0v) is 17.4. The molecule has 3 rings (SSSR count). The summed E-state index contributed by atoms with van der Waals surface area (Å²) in [5.74, 6) is 1.64. The van der Waals surface area contributed by atoms with Gasteiger partial charge in [-0.05, 0) is 38.5 Å². The first-order chi connectivity index (χ1) is 14.1. The van der Waals surface area contributed by atoms with Crippen LogP contribution in [0.15, 0.2) is 33.8 Å². The Hall–Kier alpha value is -2.61. The molecule has 8 heteroatoms. The second kappa shape index (κ2) is 10.2. The summed E-state index contributed by atoms with van der Waals surface area (Å²) in [5.41, 5.74) is 1.79. The normalized spacial score (nSPS) is 15.6. The first-order valence-corrected chi connectivity index (χ1v) is 10.2. The molecule has 2 aromatic rings. The van der Waals surface area contributed by atoms with E-state index in [0.29, 0.717) is 13.2 Å². The van der Waals surface area contributed by atoms with E-state index in [1.807, 2.05) is 26.0 Å². The molecule has 1 aromatic heterocycles. The number of nitrogens with one attached hydrogen (secondary N) is 1. The summed E-state index contributed by atoms with van der Waals surface area (Å²) < 4.78 is 24.5. The van der Waals surface area contributed by atoms with Crippen molar-refractivity contribution in [1.29, 1.82) is 0 Å². The fourth-order valence-corrected chi connectivity index (χ4v) is 3.35. The standard InChI is InChI=1S/C21H30FN5O2/c1-4-23-21(24-14-17-6-7-20(28-5-2)19(22)13-17)27-10-8-26(9-11-27)15-18-12-16(3)29-25-18/h6-7,12-13H,4-5,8-11,14-15H2,1-3H3,(H,23,24). The molecule has 0 spiro atoms. The van der Waals surface area contributed by atoms with Crippen LogP contribution in [0.5, 0.6) is 5.75 Å². The molecule has 29 heavy (non-hydrogen) atoms. The van der Waals surface area contributed by atoms with E-state index in [9.17, 15) is 4.39 Å². The predicted molar refractivity (Wildman–Crippen MR) is 110 cm³/mol. The third-order valence-electron chi connectivity index (χ3n) is 4.78. The van der Waals surface area contributed by atoms with Gasteiger partial charge in [0.15, 0.2) is 17.5 Å². The van der Waals surface area contributed by atoms with E-state index in [-0.39, 0.29) is 11.6 Å². The fourth-order valence-electron chi connectivity index (χ4n) is 3.35. The lowest BCUT2D eigenvalue weighted by Crippen LogP contribution is -2.52. The van der Waals surface area contributed by atoms with Crippen molar-refractivity contribution in [2.45, 2.75) is 33.9 Å². The van der Waals surface area contributed by atoms with Gasteiger partial charge >= 0.3 is 0 Å². The number of piperazine rings is 1. The molecule has 7 nitrogen and oxygen atoms in total. The number of halogens is 1. The minimum absolute atomic E-state index is 0.283. The summed E-state index contributed by atoms with van der Waals surface area (Å²) in [7, 11) is 0. The van der Waals surface area contributed by atoms with Gasteiger partial charge in [-0.1, -0.05) is 11.2 Å². The summed E-state index contributed by atoms with van der Waals surface area (Å²) >= 11 is 0. The number of benzene rings is 1. The Labute approximate surface area is 171 Å². The Morgan fingerprint density at radius 1 is 1.24 bits per heavy atom. The summed E-state index contributed by atoms with van der Waals surface area (Å²) in [4.78, 5) is 9.32. The molecule has 0 bridgehead atoms. The smallest absolute Gasteiger partial charge is 0.194 e. The predicted octanol–water partition coefficient (Wildman–Crippen LogP) is 2.80. The van der Waals surface area contributed by atoms with Crippen molar-refractivity contribution < 1.29 is 13.7 Å². The van der Waals surface area contributed by atoms with Gasteiger partial charge < -0.3 is 19.5 Å². The summed E-state index contributed by atoms with van der Waals surface area (Å²) in [6.45, 7) is 11.8. The van der Waals surface area contributed by atoms with Crippen LogP contribution in [0, 0.1) is 12.7 Å². The minimum atomic E-state index is -0.346. The second-order valence-electron chi connectivity index (χ2n) is 7.06. The number of ether oxygens (including phenoxy) is 1. The summed E-state index contributed by atoms with van der Waals surface area (Å²) in [6, 6.07) is 7.00. The third kappa shape index (κ3) is 5.93. The summed E-state index contributed by atoms with van der Waals surface area (Å²) in [5, 5.41) is 7.42. The van der Waals surface area contributed by atoms with E-state index in [1.165, 1.54) is 6.07 Å². The number of hydrogen-bond donors (Lipinski definition) is 1. The molecule has 1 aliphatic heterocycles. The van der Waals surface area contributed by atoms with Crippen LogP contribution in [0.3, 0.4) is 0 Å². The highest BCUT2D eigenvalue weighted by Crippen LogP contribution is 2.19. The van der Waals surface area contributed by atoms with E-state index < -0.39 is 0 Å². The first kappa shape index (κ1) is 21.1. The maximum absolute atomic E-state index is 14.1. The highest BCUT2D eigenvalue weighted by Gasteiger charge is 2.20. The van der Waals surface area contributed by atoms with Crippen molar-refractivity contribution in [3.63, 3.8) is 0 Å². The van der Waals surface area contributed by atoms with Crippen LogP contribution in [0.4, 0.5) is 4.39 Å². The number of guanidine groups is 1. The van der Waals surface area contributed by atoms with Crippen molar-refractivity contribution in [1.82, 2.24) is 20.3 Å². The van der Waals surface area contributed by atoms with Crippen LogP contribution >= 0.6 is 0 Å². The Kier molecular flexibility index (Phi) is 7.46. The lowest BCUT2D eigenvalue weighted by Gasteiger charge is -2.36. The molecule has 0 unspecified atom stereocenters. The molecular weight excluding hydrogens is 373 g/mol. The van der Waals surface area contributed by atoms with Gasteiger partial charge in [-0.25, -0.2) is 9.38 Å². The van der Waals surface area contributed by atoms with Crippen LogP contribution in [0.1, 0.15) is 30.9 Å². The van der Waals surface area contributed by atoms with Gasteiger partial charge in [-0.2, -0.15) is 0 Å². The van der Waals surface area contributed by atoms with Crippen LogP contribution in [-0.2, 0) is 13.1 Å². The quantitative estimate of drug-likeness (QED) is 0.567. The Morgan fingerprint density at radius 2 is 2.03 bits per heavy atom. The SMILES string of the molecule is CCNC(=NCc1ccc(OCC)c(F)c1)N1CCN(Cc2cc(C)on2)CC1. The molecule has 0 aliphatic carbocycles. The molecule has 158 valence electrons. The van der Waals surface area contributed by atoms with Crippen molar-refractivity contribution >= 4 is 5.96 Å². The van der Waals surface area contributed by atoms with Crippen molar-refractivity contribution in [3.8, 4) is 5.75 Å². The maximum atomic E-state index is 14.1. The van der Waals surface area contributed by atoms with Gasteiger partial charge in [-0.3, -0.25) is 4.90 Å². The average Bonchev–Trinajstić information content (AvgIpc) is 3.12. The highest BCUT2D eigenvalue weighted by atomic mass is 19.1. The molecular formula is C21H30FN5O2. The molecule has 1 N–H and O–H groups in total. The fraction of sp³-hybridized carbons (Fsp3) is 0.524. The lowest BCUT2D eigenvalue weighted by molar-refractivity contribution is 0.169. The molecule has 0 saturated carbocycles. The van der Waals surface area contributed by atoms with Gasteiger partial charge in [0, 0.05) is 45.3 Å². The molecule has 1 aliphatic rings. The number of aliphatic imine (C=N–C) groups is 1. The van der Waals surface area contributed by atoms with E-state index in [1.54, 1.807) is 6.07 Å². The number of rotatable bonds is 7. The van der Waals surface area contributed by atoms with E-state index in [0.717, 1.165) is 62.2 Å². The Morgan fingerprint density at radius 3 is 2.66 bits per heavy atom. The molecule has 1 aromatic carbocycles. The molecule has 2 heterocycles. The zero-order valence-electron chi connectivity index (χ0n) is 17.4. The van der Waals surface area contributed by atoms with Crippen molar-refractivity contribution in [2.75, 3.05) is 39.3 Å². The first-order valence-electron chi connectivity index (χ1n) is 10.2. The highest BCUT2D eigenvalue weighted by molar-refractivity contribution is 5.80. The van der Waals surface area contributed by atoms with Gasteiger partial charge in [0.2, 0.25) is 0 Å². The topological polar surface area (TPSA) is 66.1 Å². The van der Waals surface area contributed by atoms with Gasteiger partial charge in [0.05, 0.1) is 18.8 Å². The Balaban J connectivity index is 1.57. The molecule has 1 fully saturated rings. The molecule has 1 saturated heterocycles. The van der Waals surface area contributed by atoms with Crippen LogP contribution in [0.25, 0.3) is 0 Å². The molecule has 0 radical (unpaired) electrons. The largest absolute Gasteiger partial charge is 0.491 e. The van der Waals surface area contributed by atoms with E-state index in [4.69, 9.17) is 14.3 Å². The molecule has 0 atom stereocenters. The van der Waals surface area contributed by atoms with Gasteiger partial charge in [0.25, 0.3) is 0 Å². The number of hydrogen-bond acceptors (Lipinski definition) is 5. The molecule has 0 amide bonds. The number of aromatic nitrogens is 1. The second-order valence-corrected chi connectivity index (χ2v) is 7.06. The minimum Gasteiger partial charge on any atom is -0.491 e. The Bertz CT molecular complexity index is 815. The number of nitrogens with zero attached hydrogens (tertiary/aromatic N) is 4. The maximum Gasteiger partial charge on any atom is 0.194 e. The van der Waals surface area contributed by atoms with E-state index >= 15 is 0 Å². The summed E-state index contributed by atoms with van der Waals surface area (Å²) in [6.07, 6.45) is 0. The van der Waals surface area contributed by atoms with Crippen molar-refractivity contribution in [3.05, 3.63) is 47.1 Å². The monoisotopic (exact) mass is 403 g/mol. The average molecular weight is 404 g/mol. The van der Waals surface area contributed by atoms with Gasteiger partial charge in [-0.15, -0.1) is 0 Å². The zero-order chi connectivity index (χ0) is 20.6. The van der Waals surface area contributed by atoms with Crippen LogP contribution in [-0.4, -0.2) is 60.2 Å². The van der Waals surface area contributed by atoms with Crippen LogP contribution in [0.2, 0.25) is 0 Å². The van der Waals surface area contributed by atoms with E-state index in [2.05, 4.69) is 27.2 Å². The van der Waals surface area contributed by atoms with Crippen molar-refractivity contribution in [2.24, 2.45) is 4.99 Å². The van der Waals surface area contributed by atoms with Crippen LogP contribution < -0.4 is 10.1 Å².